The van der Waals surface area contributed by atoms with E-state index in [1.807, 2.05) is 18.2 Å². The number of aliphatic carboxylic acids is 1. The first-order valence-electron chi connectivity index (χ1n) is 8.01. The van der Waals surface area contributed by atoms with Gasteiger partial charge in [-0.1, -0.05) is 24.3 Å². The Bertz CT molecular complexity index is 995. The van der Waals surface area contributed by atoms with Crippen molar-refractivity contribution in [2.75, 3.05) is 0 Å². The van der Waals surface area contributed by atoms with Crippen LogP contribution in [0.5, 0.6) is 0 Å². The Morgan fingerprint density at radius 1 is 1.11 bits per heavy atom. The number of carbonyl (C=O) groups excluding carboxylic acids is 1. The van der Waals surface area contributed by atoms with Crippen molar-refractivity contribution in [1.29, 1.82) is 0 Å². The average Bonchev–Trinajstić information content (AvgIpc) is 3.03. The molecule has 0 bridgehead atoms. The molecule has 1 unspecified atom stereocenters. The SMILES string of the molecule is O=C(NC(Cc1c[nH]c2ccccc12)C(=O)O)c1cccc(C(F)(F)F)c1. The van der Waals surface area contributed by atoms with Gasteiger partial charge in [-0.15, -0.1) is 0 Å². The van der Waals surface area contributed by atoms with Gasteiger partial charge in [0, 0.05) is 29.1 Å². The molecule has 0 radical (unpaired) electrons. The van der Waals surface area contributed by atoms with E-state index in [2.05, 4.69) is 10.3 Å². The normalized spacial score (nSPS) is 12.7. The Labute approximate surface area is 151 Å². The number of nitrogens with one attached hydrogen (secondary N) is 2. The molecule has 8 heteroatoms. The number of H-pyrrole nitrogens is 1. The molecule has 140 valence electrons. The van der Waals surface area contributed by atoms with Crippen LogP contribution in [0.25, 0.3) is 10.9 Å². The second-order valence-corrected chi connectivity index (χ2v) is 6.01. The minimum Gasteiger partial charge on any atom is -0.480 e. The highest BCUT2D eigenvalue weighted by molar-refractivity contribution is 5.97. The van der Waals surface area contributed by atoms with Gasteiger partial charge in [0.2, 0.25) is 0 Å². The van der Waals surface area contributed by atoms with Gasteiger partial charge in [-0.3, -0.25) is 4.79 Å². The number of hydrogen-bond acceptors (Lipinski definition) is 2. The Morgan fingerprint density at radius 2 is 1.85 bits per heavy atom. The van der Waals surface area contributed by atoms with Crippen LogP contribution in [0.3, 0.4) is 0 Å². The van der Waals surface area contributed by atoms with Crippen LogP contribution in [0, 0.1) is 0 Å². The Morgan fingerprint density at radius 3 is 2.56 bits per heavy atom. The van der Waals surface area contributed by atoms with E-state index in [9.17, 15) is 27.9 Å². The molecule has 0 aliphatic carbocycles. The van der Waals surface area contributed by atoms with Crippen molar-refractivity contribution in [3.63, 3.8) is 0 Å². The third-order valence-electron chi connectivity index (χ3n) is 4.15. The van der Waals surface area contributed by atoms with Gasteiger partial charge in [-0.25, -0.2) is 4.79 Å². The van der Waals surface area contributed by atoms with Crippen LogP contribution in [0.4, 0.5) is 13.2 Å². The summed E-state index contributed by atoms with van der Waals surface area (Å²) < 4.78 is 38.4. The highest BCUT2D eigenvalue weighted by Gasteiger charge is 2.31. The van der Waals surface area contributed by atoms with Crippen molar-refractivity contribution in [2.24, 2.45) is 0 Å². The lowest BCUT2D eigenvalue weighted by atomic mass is 10.0. The number of para-hydroxylation sites is 1. The smallest absolute Gasteiger partial charge is 0.416 e. The summed E-state index contributed by atoms with van der Waals surface area (Å²) in [6, 6.07) is 9.83. The molecule has 0 fully saturated rings. The maximum atomic E-state index is 12.8. The van der Waals surface area contributed by atoms with Crippen LogP contribution in [-0.2, 0) is 17.4 Å². The monoisotopic (exact) mass is 376 g/mol. The lowest BCUT2D eigenvalue weighted by Crippen LogP contribution is -2.42. The first kappa shape index (κ1) is 18.5. The van der Waals surface area contributed by atoms with Crippen molar-refractivity contribution >= 4 is 22.8 Å². The number of benzene rings is 2. The third kappa shape index (κ3) is 4.11. The van der Waals surface area contributed by atoms with Gasteiger partial charge in [0.25, 0.3) is 5.91 Å². The highest BCUT2D eigenvalue weighted by atomic mass is 19.4. The molecule has 0 saturated heterocycles. The molecule has 1 atom stereocenters. The molecule has 3 N–H and O–H groups in total. The van der Waals surface area contributed by atoms with Gasteiger partial charge in [0.1, 0.15) is 6.04 Å². The van der Waals surface area contributed by atoms with Crippen molar-refractivity contribution < 1.29 is 27.9 Å². The van der Waals surface area contributed by atoms with Crippen LogP contribution in [0.15, 0.2) is 54.7 Å². The zero-order chi connectivity index (χ0) is 19.6. The van der Waals surface area contributed by atoms with E-state index >= 15 is 0 Å². The van der Waals surface area contributed by atoms with Gasteiger partial charge < -0.3 is 15.4 Å². The Balaban J connectivity index is 1.80. The lowest BCUT2D eigenvalue weighted by molar-refractivity contribution is -0.139. The summed E-state index contributed by atoms with van der Waals surface area (Å²) in [5, 5.41) is 12.5. The maximum Gasteiger partial charge on any atom is 0.416 e. The van der Waals surface area contributed by atoms with E-state index in [0.29, 0.717) is 11.6 Å². The minimum atomic E-state index is -4.59. The molecule has 0 aliphatic heterocycles. The average molecular weight is 376 g/mol. The number of carbonyl (C=O) groups is 2. The molecule has 5 nitrogen and oxygen atoms in total. The van der Waals surface area contributed by atoms with Gasteiger partial charge >= 0.3 is 12.1 Å². The summed E-state index contributed by atoms with van der Waals surface area (Å²) in [4.78, 5) is 26.8. The van der Waals surface area contributed by atoms with Crippen LogP contribution >= 0.6 is 0 Å². The number of carboxylic acid groups (broad SMARTS) is 1. The number of aromatic nitrogens is 1. The zero-order valence-electron chi connectivity index (χ0n) is 13.9. The van der Waals surface area contributed by atoms with Crippen molar-refractivity contribution in [3.8, 4) is 0 Å². The predicted molar refractivity (Wildman–Crippen MR) is 92.3 cm³/mol. The summed E-state index contributed by atoms with van der Waals surface area (Å²) in [6.07, 6.45) is -2.95. The summed E-state index contributed by atoms with van der Waals surface area (Å²) in [7, 11) is 0. The van der Waals surface area contributed by atoms with E-state index < -0.39 is 29.7 Å². The molecule has 1 heterocycles. The van der Waals surface area contributed by atoms with E-state index in [-0.39, 0.29) is 12.0 Å². The number of rotatable bonds is 5. The number of halogens is 3. The standard InChI is InChI=1S/C19H15F3N2O3/c20-19(21,22)13-5-3-4-11(8-13)17(25)24-16(18(26)27)9-12-10-23-15-7-2-1-6-14(12)15/h1-8,10,16,23H,9H2,(H,24,25)(H,26,27). The Kier molecular flexibility index (Phi) is 4.89. The molecule has 3 rings (SSSR count). The summed E-state index contributed by atoms with van der Waals surface area (Å²) in [5.74, 6) is -2.16. The minimum absolute atomic E-state index is 0.00987. The van der Waals surface area contributed by atoms with Gasteiger partial charge in [-0.05, 0) is 29.8 Å². The first-order valence-corrected chi connectivity index (χ1v) is 8.01. The van der Waals surface area contributed by atoms with Gasteiger partial charge in [0.05, 0.1) is 5.56 Å². The predicted octanol–water partition coefficient (Wildman–Crippen LogP) is 3.61. The fourth-order valence-electron chi connectivity index (χ4n) is 2.80. The fourth-order valence-corrected chi connectivity index (χ4v) is 2.80. The van der Waals surface area contributed by atoms with E-state index in [1.54, 1.807) is 12.3 Å². The maximum absolute atomic E-state index is 12.8. The third-order valence-corrected chi connectivity index (χ3v) is 4.15. The largest absolute Gasteiger partial charge is 0.480 e. The molecular formula is C19H15F3N2O3. The molecule has 3 aromatic rings. The van der Waals surface area contributed by atoms with Gasteiger partial charge in [0.15, 0.2) is 0 Å². The number of amides is 1. The number of aromatic amines is 1. The molecular weight excluding hydrogens is 361 g/mol. The van der Waals surface area contributed by atoms with E-state index in [1.165, 1.54) is 6.07 Å². The van der Waals surface area contributed by atoms with Crippen molar-refractivity contribution in [2.45, 2.75) is 18.6 Å². The van der Waals surface area contributed by atoms with Crippen molar-refractivity contribution in [3.05, 3.63) is 71.4 Å². The molecule has 27 heavy (non-hydrogen) atoms. The summed E-state index contributed by atoms with van der Waals surface area (Å²) in [6.45, 7) is 0. The quantitative estimate of drug-likeness (QED) is 0.636. The van der Waals surface area contributed by atoms with Gasteiger partial charge in [-0.2, -0.15) is 13.2 Å². The Hall–Kier alpha value is -3.29. The van der Waals surface area contributed by atoms with Crippen LogP contribution in [-0.4, -0.2) is 28.0 Å². The topological polar surface area (TPSA) is 82.2 Å². The second kappa shape index (κ2) is 7.14. The molecule has 1 amide bonds. The highest BCUT2D eigenvalue weighted by Crippen LogP contribution is 2.29. The summed E-state index contributed by atoms with van der Waals surface area (Å²) in [5.41, 5.74) is 0.275. The molecule has 0 aliphatic rings. The van der Waals surface area contributed by atoms with Crippen molar-refractivity contribution in [1.82, 2.24) is 10.3 Å². The molecule has 0 saturated carbocycles. The number of hydrogen-bond donors (Lipinski definition) is 3. The zero-order valence-corrected chi connectivity index (χ0v) is 13.9. The molecule has 1 aromatic heterocycles. The molecule has 2 aromatic carbocycles. The van der Waals surface area contributed by atoms with Crippen LogP contribution in [0.2, 0.25) is 0 Å². The number of fused-ring (bicyclic) bond motifs is 1. The lowest BCUT2D eigenvalue weighted by Gasteiger charge is -2.15. The number of carboxylic acids is 1. The van der Waals surface area contributed by atoms with E-state index in [0.717, 1.165) is 23.0 Å². The second-order valence-electron chi connectivity index (χ2n) is 6.01. The molecule has 0 spiro atoms. The fraction of sp³-hybridized carbons (Fsp3) is 0.158. The van der Waals surface area contributed by atoms with Crippen LogP contribution in [0.1, 0.15) is 21.5 Å². The van der Waals surface area contributed by atoms with Crippen LogP contribution < -0.4 is 5.32 Å². The first-order chi connectivity index (χ1) is 12.8. The van der Waals surface area contributed by atoms with E-state index in [4.69, 9.17) is 0 Å². The number of alkyl halides is 3. The summed E-state index contributed by atoms with van der Waals surface area (Å²) >= 11 is 0.